The van der Waals surface area contributed by atoms with E-state index in [0.29, 0.717) is 0 Å². The van der Waals surface area contributed by atoms with Crippen molar-refractivity contribution in [2.45, 2.75) is 53.9 Å². The molecule has 0 radical (unpaired) electrons. The molecule has 0 saturated carbocycles. The van der Waals surface area contributed by atoms with Crippen LogP contribution in [0.2, 0.25) is 0 Å². The smallest absolute Gasteiger partial charge is 0.0398 e. The Morgan fingerprint density at radius 2 is 1.70 bits per heavy atom. The van der Waals surface area contributed by atoms with E-state index in [0.717, 1.165) is 11.8 Å². The van der Waals surface area contributed by atoms with Crippen molar-refractivity contribution in [2.75, 3.05) is 37.6 Å². The largest absolute Gasteiger partial charge is 0.371 e. The Bertz CT molecular complexity index is 475. The molecule has 2 aliphatic heterocycles. The Labute approximate surface area is 143 Å². The number of aryl methyl sites for hydroxylation is 1. The summed E-state index contributed by atoms with van der Waals surface area (Å²) in [4.78, 5) is 5.32. The molecule has 2 heterocycles. The lowest BCUT2D eigenvalue weighted by Crippen LogP contribution is -2.37. The van der Waals surface area contributed by atoms with Crippen LogP contribution < -0.4 is 4.90 Å². The standard InChI is InChI=1S/C19H30N2.C2H6/c1-15-7-10-20(11-8-15)13-18-9-12-21(14-18)19-6-4-5-16(2)17(19)3;1-2/h4-6,15,18H,7-14H2,1-3H3;1-2H3. The summed E-state index contributed by atoms with van der Waals surface area (Å²) in [7, 11) is 0. The number of hydrogen-bond donors (Lipinski definition) is 0. The van der Waals surface area contributed by atoms with Crippen molar-refractivity contribution in [1.82, 2.24) is 4.90 Å². The molecule has 2 aliphatic rings. The number of piperidine rings is 1. The molecular formula is C21H36N2. The average molecular weight is 317 g/mol. The summed E-state index contributed by atoms with van der Waals surface area (Å²) < 4.78 is 0. The fourth-order valence-corrected chi connectivity index (χ4v) is 3.89. The third-order valence-electron chi connectivity index (χ3n) is 5.60. The van der Waals surface area contributed by atoms with Crippen LogP contribution in [0, 0.1) is 25.7 Å². The van der Waals surface area contributed by atoms with Crippen LogP contribution in [0.5, 0.6) is 0 Å². The molecule has 1 unspecified atom stereocenters. The molecule has 0 aliphatic carbocycles. The van der Waals surface area contributed by atoms with Crippen LogP contribution in [0.25, 0.3) is 0 Å². The van der Waals surface area contributed by atoms with Crippen LogP contribution in [-0.4, -0.2) is 37.6 Å². The number of nitrogens with zero attached hydrogens (tertiary/aromatic N) is 2. The zero-order valence-corrected chi connectivity index (χ0v) is 15.9. The molecule has 0 amide bonds. The van der Waals surface area contributed by atoms with E-state index in [-0.39, 0.29) is 0 Å². The van der Waals surface area contributed by atoms with E-state index in [1.807, 2.05) is 13.8 Å². The summed E-state index contributed by atoms with van der Waals surface area (Å²) in [5, 5.41) is 0. The van der Waals surface area contributed by atoms with Crippen molar-refractivity contribution in [3.05, 3.63) is 29.3 Å². The second kappa shape index (κ2) is 8.73. The van der Waals surface area contributed by atoms with Crippen LogP contribution in [-0.2, 0) is 0 Å². The zero-order chi connectivity index (χ0) is 16.8. The topological polar surface area (TPSA) is 6.48 Å². The van der Waals surface area contributed by atoms with Gasteiger partial charge in [-0.15, -0.1) is 0 Å². The van der Waals surface area contributed by atoms with Crippen molar-refractivity contribution in [3.63, 3.8) is 0 Å². The highest BCUT2D eigenvalue weighted by Crippen LogP contribution is 2.29. The maximum absolute atomic E-state index is 2.71. The van der Waals surface area contributed by atoms with Gasteiger partial charge in [0.15, 0.2) is 0 Å². The predicted octanol–water partition coefficient (Wildman–Crippen LogP) is 4.89. The normalized spacial score (nSPS) is 22.8. The maximum Gasteiger partial charge on any atom is 0.0398 e. The van der Waals surface area contributed by atoms with Crippen molar-refractivity contribution < 1.29 is 0 Å². The summed E-state index contributed by atoms with van der Waals surface area (Å²) in [5.41, 5.74) is 4.34. The van der Waals surface area contributed by atoms with Crippen LogP contribution in [0.15, 0.2) is 18.2 Å². The Morgan fingerprint density at radius 1 is 1.00 bits per heavy atom. The number of benzene rings is 1. The van der Waals surface area contributed by atoms with Gasteiger partial charge >= 0.3 is 0 Å². The predicted molar refractivity (Wildman–Crippen MR) is 102 cm³/mol. The Morgan fingerprint density at radius 3 is 2.39 bits per heavy atom. The molecule has 0 aromatic heterocycles. The van der Waals surface area contributed by atoms with Crippen molar-refractivity contribution in [3.8, 4) is 0 Å². The monoisotopic (exact) mass is 316 g/mol. The zero-order valence-electron chi connectivity index (χ0n) is 15.9. The van der Waals surface area contributed by atoms with Gasteiger partial charge in [0.05, 0.1) is 0 Å². The Hall–Kier alpha value is -1.02. The first-order valence-corrected chi connectivity index (χ1v) is 9.67. The van der Waals surface area contributed by atoms with Gasteiger partial charge in [0, 0.05) is 25.3 Å². The molecule has 1 aromatic carbocycles. The second-order valence-corrected chi connectivity index (χ2v) is 7.30. The molecule has 1 aromatic rings. The van der Waals surface area contributed by atoms with Crippen LogP contribution in [0.3, 0.4) is 0 Å². The van der Waals surface area contributed by atoms with Gasteiger partial charge in [-0.05, 0) is 75.2 Å². The molecule has 1 atom stereocenters. The third kappa shape index (κ3) is 4.73. The molecule has 23 heavy (non-hydrogen) atoms. The summed E-state index contributed by atoms with van der Waals surface area (Å²) in [6.45, 7) is 17.3. The maximum atomic E-state index is 2.71. The minimum absolute atomic E-state index is 0.860. The van der Waals surface area contributed by atoms with E-state index in [1.54, 1.807) is 0 Å². The Kier molecular flexibility index (Phi) is 6.95. The van der Waals surface area contributed by atoms with Crippen LogP contribution >= 0.6 is 0 Å². The molecule has 0 N–H and O–H groups in total. The Balaban J connectivity index is 0.000000924. The number of hydrogen-bond acceptors (Lipinski definition) is 2. The summed E-state index contributed by atoms with van der Waals surface area (Å²) in [5.74, 6) is 1.80. The van der Waals surface area contributed by atoms with E-state index in [4.69, 9.17) is 0 Å². The number of rotatable bonds is 3. The minimum Gasteiger partial charge on any atom is -0.371 e. The van der Waals surface area contributed by atoms with Crippen LogP contribution in [0.4, 0.5) is 5.69 Å². The highest BCUT2D eigenvalue weighted by atomic mass is 15.2. The first kappa shape index (κ1) is 18.3. The van der Waals surface area contributed by atoms with Gasteiger partial charge in [-0.25, -0.2) is 0 Å². The lowest BCUT2D eigenvalue weighted by atomic mass is 9.98. The highest BCUT2D eigenvalue weighted by molar-refractivity contribution is 5.56. The van der Waals surface area contributed by atoms with Gasteiger partial charge in [-0.3, -0.25) is 0 Å². The summed E-state index contributed by atoms with van der Waals surface area (Å²) in [6.07, 6.45) is 4.15. The fraction of sp³-hybridized carbons (Fsp3) is 0.714. The molecule has 0 spiro atoms. The van der Waals surface area contributed by atoms with E-state index in [9.17, 15) is 0 Å². The van der Waals surface area contributed by atoms with E-state index >= 15 is 0 Å². The van der Waals surface area contributed by atoms with E-state index in [1.165, 1.54) is 68.8 Å². The van der Waals surface area contributed by atoms with Crippen molar-refractivity contribution in [1.29, 1.82) is 0 Å². The van der Waals surface area contributed by atoms with Gasteiger partial charge in [-0.1, -0.05) is 32.9 Å². The lowest BCUT2D eigenvalue weighted by molar-refractivity contribution is 0.171. The number of likely N-dealkylation sites (tertiary alicyclic amines) is 1. The highest BCUT2D eigenvalue weighted by Gasteiger charge is 2.26. The van der Waals surface area contributed by atoms with Crippen molar-refractivity contribution in [2.24, 2.45) is 11.8 Å². The third-order valence-corrected chi connectivity index (χ3v) is 5.60. The molecule has 2 nitrogen and oxygen atoms in total. The van der Waals surface area contributed by atoms with Gasteiger partial charge in [0.25, 0.3) is 0 Å². The van der Waals surface area contributed by atoms with Gasteiger partial charge in [0.2, 0.25) is 0 Å². The first-order chi connectivity index (χ1) is 11.1. The molecule has 3 rings (SSSR count). The molecule has 2 saturated heterocycles. The first-order valence-electron chi connectivity index (χ1n) is 9.67. The van der Waals surface area contributed by atoms with E-state index < -0.39 is 0 Å². The fourth-order valence-electron chi connectivity index (χ4n) is 3.89. The van der Waals surface area contributed by atoms with Crippen LogP contribution in [0.1, 0.15) is 51.2 Å². The molecule has 2 fully saturated rings. The average Bonchev–Trinajstić information content (AvgIpc) is 3.02. The molecule has 130 valence electrons. The summed E-state index contributed by atoms with van der Waals surface area (Å²) >= 11 is 0. The quantitative estimate of drug-likeness (QED) is 0.783. The van der Waals surface area contributed by atoms with Gasteiger partial charge in [0.1, 0.15) is 0 Å². The summed E-state index contributed by atoms with van der Waals surface area (Å²) in [6, 6.07) is 6.73. The molecule has 2 heteroatoms. The van der Waals surface area contributed by atoms with E-state index in [2.05, 4.69) is 48.8 Å². The van der Waals surface area contributed by atoms with Crippen molar-refractivity contribution >= 4 is 5.69 Å². The molecule has 0 bridgehead atoms. The van der Waals surface area contributed by atoms with Gasteiger partial charge in [-0.2, -0.15) is 0 Å². The lowest BCUT2D eigenvalue weighted by Gasteiger charge is -2.32. The SMILES string of the molecule is CC.Cc1cccc(N2CCC(CN3CCC(C)CC3)C2)c1C. The molecular weight excluding hydrogens is 280 g/mol. The second-order valence-electron chi connectivity index (χ2n) is 7.30. The van der Waals surface area contributed by atoms with Gasteiger partial charge < -0.3 is 9.80 Å². The number of anilines is 1. The minimum atomic E-state index is 0.860.